The molecule has 3 rings (SSSR count). The van der Waals surface area contributed by atoms with Crippen molar-refractivity contribution in [1.29, 1.82) is 0 Å². The van der Waals surface area contributed by atoms with Gasteiger partial charge < -0.3 is 5.32 Å². The van der Waals surface area contributed by atoms with Crippen LogP contribution in [0.1, 0.15) is 41.7 Å². The van der Waals surface area contributed by atoms with Gasteiger partial charge in [-0.3, -0.25) is 19.6 Å². The maximum absolute atomic E-state index is 12.4. The number of hydrogen-bond donors (Lipinski definition) is 2. The number of H-pyrrole nitrogens is 1. The Kier molecular flexibility index (Phi) is 5.60. The highest BCUT2D eigenvalue weighted by Gasteiger charge is 2.27. The van der Waals surface area contributed by atoms with Crippen LogP contribution in [0, 0.1) is 0 Å². The molecule has 1 amide bonds. The van der Waals surface area contributed by atoms with Crippen LogP contribution in [-0.4, -0.2) is 52.5 Å². The second kappa shape index (κ2) is 8.07. The third-order valence-electron chi connectivity index (χ3n) is 4.94. The van der Waals surface area contributed by atoms with Gasteiger partial charge in [-0.1, -0.05) is 30.3 Å². The van der Waals surface area contributed by atoms with E-state index < -0.39 is 0 Å². The predicted octanol–water partition coefficient (Wildman–Crippen LogP) is 1.98. The third kappa shape index (κ3) is 4.33. The molecule has 1 saturated heterocycles. The van der Waals surface area contributed by atoms with Crippen molar-refractivity contribution in [1.82, 2.24) is 20.4 Å². The van der Waals surface area contributed by atoms with Gasteiger partial charge in [-0.15, -0.1) is 0 Å². The summed E-state index contributed by atoms with van der Waals surface area (Å²) in [5, 5.41) is 9.82. The third-order valence-corrected chi connectivity index (χ3v) is 4.94. The lowest BCUT2D eigenvalue weighted by Crippen LogP contribution is -2.48. The molecule has 0 bridgehead atoms. The van der Waals surface area contributed by atoms with E-state index in [0.29, 0.717) is 11.5 Å². The molecule has 0 spiro atoms. The first kappa shape index (κ1) is 17.4. The highest BCUT2D eigenvalue weighted by Crippen LogP contribution is 2.27. The van der Waals surface area contributed by atoms with E-state index >= 15 is 0 Å². The Hall–Kier alpha value is -2.47. The smallest absolute Gasteiger partial charge is 0.237 e. The molecule has 1 aliphatic rings. The Balaban J connectivity index is 1.46. The van der Waals surface area contributed by atoms with Crippen molar-refractivity contribution in [3.8, 4) is 0 Å². The lowest BCUT2D eigenvalue weighted by Gasteiger charge is -2.34. The maximum atomic E-state index is 12.4. The topological polar surface area (TPSA) is 78.1 Å². The van der Waals surface area contributed by atoms with E-state index in [1.165, 1.54) is 5.69 Å². The molecule has 1 aromatic heterocycles. The van der Waals surface area contributed by atoms with Crippen LogP contribution in [0.3, 0.4) is 0 Å². The number of nitrogens with one attached hydrogen (secondary N) is 2. The van der Waals surface area contributed by atoms with Crippen LogP contribution < -0.4 is 5.32 Å². The van der Waals surface area contributed by atoms with Crippen LogP contribution in [0.2, 0.25) is 0 Å². The molecule has 132 valence electrons. The number of Topliss-reactive ketones (excluding diaryl/α,β-unsaturated/α-hetero) is 1. The van der Waals surface area contributed by atoms with E-state index in [1.807, 2.05) is 31.2 Å². The highest BCUT2D eigenvalue weighted by molar-refractivity contribution is 5.99. The second-order valence-electron chi connectivity index (χ2n) is 6.51. The van der Waals surface area contributed by atoms with Crippen LogP contribution in [0.25, 0.3) is 0 Å². The molecule has 6 nitrogen and oxygen atoms in total. The van der Waals surface area contributed by atoms with E-state index in [-0.39, 0.29) is 24.3 Å². The quantitative estimate of drug-likeness (QED) is 0.788. The number of carbonyl (C=O) groups excluding carboxylic acids is 2. The highest BCUT2D eigenvalue weighted by atomic mass is 16.2. The lowest BCUT2D eigenvalue weighted by molar-refractivity contribution is -0.126. The Morgan fingerprint density at radius 3 is 2.60 bits per heavy atom. The number of hydrogen-bond acceptors (Lipinski definition) is 4. The minimum Gasteiger partial charge on any atom is -0.347 e. The van der Waals surface area contributed by atoms with Gasteiger partial charge in [0.25, 0.3) is 0 Å². The fourth-order valence-corrected chi connectivity index (χ4v) is 3.30. The lowest BCUT2D eigenvalue weighted by atomic mass is 9.93. The van der Waals surface area contributed by atoms with Gasteiger partial charge in [0.15, 0.2) is 5.78 Å². The van der Waals surface area contributed by atoms with Crippen molar-refractivity contribution in [2.45, 2.75) is 31.7 Å². The molecule has 1 aliphatic heterocycles. The minimum atomic E-state index is -0.230. The van der Waals surface area contributed by atoms with Crippen molar-refractivity contribution in [2.24, 2.45) is 0 Å². The van der Waals surface area contributed by atoms with Crippen LogP contribution in [-0.2, 0) is 4.79 Å². The maximum Gasteiger partial charge on any atom is 0.237 e. The number of piperidine rings is 1. The normalized spacial score (nSPS) is 17.2. The van der Waals surface area contributed by atoms with Crippen molar-refractivity contribution in [3.05, 3.63) is 53.9 Å². The van der Waals surface area contributed by atoms with Gasteiger partial charge >= 0.3 is 0 Å². The number of aromatic nitrogens is 2. The fraction of sp³-hybridized carbons (Fsp3) is 0.421. The number of rotatable bonds is 6. The summed E-state index contributed by atoms with van der Waals surface area (Å²) < 4.78 is 0. The minimum absolute atomic E-state index is 0.0395. The molecule has 0 aliphatic carbocycles. The monoisotopic (exact) mass is 340 g/mol. The van der Waals surface area contributed by atoms with Crippen molar-refractivity contribution in [2.75, 3.05) is 19.6 Å². The zero-order valence-corrected chi connectivity index (χ0v) is 14.4. The molecular formula is C19H24N4O2. The summed E-state index contributed by atoms with van der Waals surface area (Å²) in [5.41, 5.74) is 1.79. The summed E-state index contributed by atoms with van der Waals surface area (Å²) in [5.74, 6) is 0.317. The zero-order valence-electron chi connectivity index (χ0n) is 14.4. The first-order valence-corrected chi connectivity index (χ1v) is 8.74. The van der Waals surface area contributed by atoms with Gasteiger partial charge in [0.2, 0.25) is 5.91 Å². The number of benzene rings is 1. The van der Waals surface area contributed by atoms with Crippen molar-refractivity contribution >= 4 is 11.7 Å². The van der Waals surface area contributed by atoms with Gasteiger partial charge in [-0.25, -0.2) is 0 Å². The number of likely N-dealkylation sites (tertiary alicyclic amines) is 1. The molecule has 1 aromatic carbocycles. The van der Waals surface area contributed by atoms with Crippen LogP contribution >= 0.6 is 0 Å². The van der Waals surface area contributed by atoms with Crippen LogP contribution in [0.5, 0.6) is 0 Å². The summed E-state index contributed by atoms with van der Waals surface area (Å²) >= 11 is 0. The van der Waals surface area contributed by atoms with Crippen molar-refractivity contribution < 1.29 is 9.59 Å². The number of ketones is 1. The zero-order chi connectivity index (χ0) is 17.6. The average molecular weight is 340 g/mol. The molecule has 2 heterocycles. The van der Waals surface area contributed by atoms with Crippen molar-refractivity contribution in [3.63, 3.8) is 0 Å². The molecule has 6 heteroatoms. The first-order chi connectivity index (χ1) is 12.1. The van der Waals surface area contributed by atoms with Gasteiger partial charge in [0.1, 0.15) is 0 Å². The molecule has 25 heavy (non-hydrogen) atoms. The predicted molar refractivity (Wildman–Crippen MR) is 95.4 cm³/mol. The fourth-order valence-electron chi connectivity index (χ4n) is 3.30. The van der Waals surface area contributed by atoms with Gasteiger partial charge in [0.05, 0.1) is 12.6 Å². The molecule has 2 N–H and O–H groups in total. The van der Waals surface area contributed by atoms with E-state index in [9.17, 15) is 9.59 Å². The molecular weight excluding hydrogens is 316 g/mol. The number of aromatic amines is 1. The van der Waals surface area contributed by atoms with Gasteiger partial charge in [0, 0.05) is 23.4 Å². The summed E-state index contributed by atoms with van der Waals surface area (Å²) in [7, 11) is 0. The van der Waals surface area contributed by atoms with Gasteiger partial charge in [-0.05, 0) is 38.9 Å². The molecule has 1 atom stereocenters. The van der Waals surface area contributed by atoms with E-state index in [4.69, 9.17) is 0 Å². The summed E-state index contributed by atoms with van der Waals surface area (Å²) in [6.07, 6.45) is 3.78. The molecule has 0 saturated carbocycles. The number of amides is 1. The molecule has 1 fully saturated rings. The van der Waals surface area contributed by atoms with Gasteiger partial charge in [-0.2, -0.15) is 5.10 Å². The Morgan fingerprint density at radius 1 is 1.24 bits per heavy atom. The van der Waals surface area contributed by atoms with Crippen LogP contribution in [0.4, 0.5) is 0 Å². The standard InChI is InChI=1S/C19H24N4O2/c1-14(19(25)20-13-18(24)16-5-3-2-4-6-16)23-11-8-15(9-12-23)17-7-10-21-22-17/h2-7,10,14-15H,8-9,11-13H2,1H3,(H,20,25)(H,21,22)/t14-/m0/s1. The van der Waals surface area contributed by atoms with Crippen LogP contribution in [0.15, 0.2) is 42.6 Å². The molecule has 0 radical (unpaired) electrons. The summed E-state index contributed by atoms with van der Waals surface area (Å²) in [6, 6.07) is 10.8. The van der Waals surface area contributed by atoms with E-state index in [0.717, 1.165) is 25.9 Å². The average Bonchev–Trinajstić information content (AvgIpc) is 3.21. The van der Waals surface area contributed by atoms with E-state index in [1.54, 1.807) is 18.3 Å². The first-order valence-electron chi connectivity index (χ1n) is 8.74. The summed E-state index contributed by atoms with van der Waals surface area (Å²) in [6.45, 7) is 3.67. The number of nitrogens with zero attached hydrogens (tertiary/aromatic N) is 2. The summed E-state index contributed by atoms with van der Waals surface area (Å²) in [4.78, 5) is 26.6. The molecule has 2 aromatic rings. The second-order valence-corrected chi connectivity index (χ2v) is 6.51. The van der Waals surface area contributed by atoms with E-state index in [2.05, 4.69) is 20.4 Å². The Labute approximate surface area is 147 Å². The Morgan fingerprint density at radius 2 is 1.96 bits per heavy atom. The largest absolute Gasteiger partial charge is 0.347 e. The SMILES string of the molecule is C[C@@H](C(=O)NCC(=O)c1ccccc1)N1CCC(c2ccn[nH]2)CC1. The number of carbonyl (C=O) groups is 2. The molecule has 0 unspecified atom stereocenters. The Bertz CT molecular complexity index is 691.